The molecule has 1 aliphatic rings. The van der Waals surface area contributed by atoms with Crippen molar-refractivity contribution in [2.45, 2.75) is 26.8 Å². The van der Waals surface area contributed by atoms with Crippen LogP contribution in [0.5, 0.6) is 5.06 Å². The van der Waals surface area contributed by atoms with Gasteiger partial charge in [0.25, 0.3) is 0 Å². The first-order valence-electron chi connectivity index (χ1n) is 9.33. The van der Waals surface area contributed by atoms with Gasteiger partial charge in [-0.25, -0.2) is 4.98 Å². The van der Waals surface area contributed by atoms with Gasteiger partial charge in [0.1, 0.15) is 0 Å². The Balaban J connectivity index is 1.37. The molecule has 0 radical (unpaired) electrons. The van der Waals surface area contributed by atoms with Gasteiger partial charge in [0.05, 0.1) is 12.2 Å². The summed E-state index contributed by atoms with van der Waals surface area (Å²) < 4.78 is 5.19. The van der Waals surface area contributed by atoms with Crippen LogP contribution in [0.15, 0.2) is 36.4 Å². The van der Waals surface area contributed by atoms with Crippen molar-refractivity contribution >= 4 is 39.7 Å². The molecule has 4 rings (SSSR count). The van der Waals surface area contributed by atoms with Crippen molar-refractivity contribution in [3.63, 3.8) is 0 Å². The maximum absolute atomic E-state index is 12.5. The van der Waals surface area contributed by atoms with Crippen LogP contribution in [-0.2, 0) is 22.6 Å². The van der Waals surface area contributed by atoms with Crippen LogP contribution in [0.2, 0.25) is 0 Å². The van der Waals surface area contributed by atoms with Gasteiger partial charge in [0.2, 0.25) is 5.91 Å². The molecule has 0 fully saturated rings. The highest BCUT2D eigenvalue weighted by Crippen LogP contribution is 2.33. The van der Waals surface area contributed by atoms with E-state index < -0.39 is 0 Å². The highest BCUT2D eigenvalue weighted by molar-refractivity contribution is 7.16. The SMILES string of the molecule is CC(=O)Oc1cc2c(s1)CCN(CC(=O)Nc1nc(-c3ccccc3)c(C)s1)C2. The Hall–Kier alpha value is -2.55. The molecular weight excluding hydrogens is 406 g/mol. The number of nitrogens with zero attached hydrogens (tertiary/aromatic N) is 2. The number of esters is 1. The maximum Gasteiger partial charge on any atom is 0.308 e. The zero-order chi connectivity index (χ0) is 20.4. The zero-order valence-corrected chi connectivity index (χ0v) is 17.9. The third-order valence-corrected chi connectivity index (χ3v) is 6.63. The van der Waals surface area contributed by atoms with Gasteiger partial charge in [-0.2, -0.15) is 0 Å². The summed E-state index contributed by atoms with van der Waals surface area (Å²) in [4.78, 5) is 32.7. The van der Waals surface area contributed by atoms with Crippen LogP contribution in [0.25, 0.3) is 11.3 Å². The number of benzene rings is 1. The highest BCUT2D eigenvalue weighted by Gasteiger charge is 2.22. The van der Waals surface area contributed by atoms with E-state index in [1.165, 1.54) is 34.5 Å². The average Bonchev–Trinajstić information content (AvgIpc) is 3.23. The van der Waals surface area contributed by atoms with Gasteiger partial charge in [-0.05, 0) is 25.0 Å². The average molecular weight is 428 g/mol. The number of thiazole rings is 1. The number of hydrogen-bond donors (Lipinski definition) is 1. The van der Waals surface area contributed by atoms with E-state index in [0.717, 1.165) is 34.7 Å². The summed E-state index contributed by atoms with van der Waals surface area (Å²) in [6.07, 6.45) is 0.850. The van der Waals surface area contributed by atoms with Crippen LogP contribution in [0.1, 0.15) is 22.2 Å². The van der Waals surface area contributed by atoms with Crippen molar-refractivity contribution in [3.05, 3.63) is 51.7 Å². The van der Waals surface area contributed by atoms with E-state index in [-0.39, 0.29) is 11.9 Å². The monoisotopic (exact) mass is 427 g/mol. The largest absolute Gasteiger partial charge is 0.416 e. The second kappa shape index (κ2) is 8.44. The van der Waals surface area contributed by atoms with Crippen molar-refractivity contribution in [1.82, 2.24) is 9.88 Å². The molecular formula is C21H21N3O3S2. The summed E-state index contributed by atoms with van der Waals surface area (Å²) in [6.45, 7) is 5.19. The number of thiophene rings is 1. The molecule has 0 saturated carbocycles. The molecule has 6 nitrogen and oxygen atoms in total. The van der Waals surface area contributed by atoms with E-state index in [2.05, 4.69) is 15.2 Å². The standard InChI is InChI=1S/C21H21N3O3S2/c1-13-20(15-6-4-3-5-7-15)23-21(28-13)22-18(26)12-24-9-8-17-16(11-24)10-19(29-17)27-14(2)25/h3-7,10H,8-9,11-12H2,1-2H3,(H,22,23,26). The van der Waals surface area contributed by atoms with E-state index in [1.807, 2.05) is 43.3 Å². The molecule has 0 saturated heterocycles. The predicted molar refractivity (Wildman–Crippen MR) is 116 cm³/mol. The number of rotatable bonds is 5. The van der Waals surface area contributed by atoms with Gasteiger partial charge in [-0.1, -0.05) is 30.3 Å². The van der Waals surface area contributed by atoms with Gasteiger partial charge < -0.3 is 10.1 Å². The molecule has 2 aromatic heterocycles. The van der Waals surface area contributed by atoms with Gasteiger partial charge >= 0.3 is 5.97 Å². The minimum atomic E-state index is -0.312. The van der Waals surface area contributed by atoms with Crippen LogP contribution in [0.4, 0.5) is 5.13 Å². The van der Waals surface area contributed by atoms with E-state index in [0.29, 0.717) is 23.3 Å². The summed E-state index contributed by atoms with van der Waals surface area (Å²) >= 11 is 3.00. The van der Waals surface area contributed by atoms with Crippen molar-refractivity contribution in [2.24, 2.45) is 0 Å². The summed E-state index contributed by atoms with van der Waals surface area (Å²) in [7, 11) is 0. The van der Waals surface area contributed by atoms with Crippen molar-refractivity contribution in [2.75, 3.05) is 18.4 Å². The Kier molecular flexibility index (Phi) is 5.75. The highest BCUT2D eigenvalue weighted by atomic mass is 32.1. The zero-order valence-electron chi connectivity index (χ0n) is 16.2. The molecule has 1 amide bonds. The van der Waals surface area contributed by atoms with Crippen LogP contribution in [0, 0.1) is 6.92 Å². The van der Waals surface area contributed by atoms with Crippen LogP contribution < -0.4 is 10.1 Å². The Morgan fingerprint density at radius 1 is 1.24 bits per heavy atom. The van der Waals surface area contributed by atoms with Crippen LogP contribution in [0.3, 0.4) is 0 Å². The number of anilines is 1. The van der Waals surface area contributed by atoms with Crippen molar-refractivity contribution < 1.29 is 14.3 Å². The molecule has 1 N–H and O–H groups in total. The molecule has 3 aromatic rings. The summed E-state index contributed by atoms with van der Waals surface area (Å²) in [6, 6.07) is 11.9. The summed E-state index contributed by atoms with van der Waals surface area (Å²) in [5.41, 5.74) is 3.08. The number of ether oxygens (including phenoxy) is 1. The Bertz CT molecular complexity index is 1040. The molecule has 3 heterocycles. The number of aryl methyl sites for hydroxylation is 1. The van der Waals surface area contributed by atoms with Crippen LogP contribution >= 0.6 is 22.7 Å². The number of amides is 1. The second-order valence-electron chi connectivity index (χ2n) is 6.91. The molecule has 0 spiro atoms. The summed E-state index contributed by atoms with van der Waals surface area (Å²) in [5.74, 6) is -0.384. The molecule has 0 bridgehead atoms. The molecule has 150 valence electrons. The number of carbonyl (C=O) groups is 2. The van der Waals surface area contributed by atoms with E-state index >= 15 is 0 Å². The molecule has 0 atom stereocenters. The lowest BCUT2D eigenvalue weighted by Gasteiger charge is -2.25. The van der Waals surface area contributed by atoms with Gasteiger partial charge in [0.15, 0.2) is 10.2 Å². The van der Waals surface area contributed by atoms with E-state index in [9.17, 15) is 9.59 Å². The fraction of sp³-hybridized carbons (Fsp3) is 0.286. The normalized spacial score (nSPS) is 13.7. The number of hydrogen-bond acceptors (Lipinski definition) is 7. The molecule has 0 aliphatic carbocycles. The Morgan fingerprint density at radius 3 is 2.79 bits per heavy atom. The fourth-order valence-corrected chi connectivity index (χ4v) is 5.27. The number of carbonyl (C=O) groups excluding carboxylic acids is 2. The lowest BCUT2D eigenvalue weighted by Crippen LogP contribution is -2.36. The first-order chi connectivity index (χ1) is 14.0. The van der Waals surface area contributed by atoms with Crippen LogP contribution in [-0.4, -0.2) is 34.8 Å². The Labute approximate surface area is 177 Å². The predicted octanol–water partition coefficient (Wildman–Crippen LogP) is 4.10. The number of aromatic nitrogens is 1. The quantitative estimate of drug-likeness (QED) is 0.621. The lowest BCUT2D eigenvalue weighted by atomic mass is 10.1. The topological polar surface area (TPSA) is 71.5 Å². The van der Waals surface area contributed by atoms with Crippen molar-refractivity contribution in [3.8, 4) is 16.3 Å². The third kappa shape index (κ3) is 4.72. The third-order valence-electron chi connectivity index (χ3n) is 4.62. The van der Waals surface area contributed by atoms with Crippen molar-refractivity contribution in [1.29, 1.82) is 0 Å². The van der Waals surface area contributed by atoms with Gasteiger partial charge in [0, 0.05) is 35.3 Å². The van der Waals surface area contributed by atoms with E-state index in [1.54, 1.807) is 0 Å². The van der Waals surface area contributed by atoms with Gasteiger partial charge in [-0.15, -0.1) is 22.7 Å². The molecule has 8 heteroatoms. The molecule has 1 aliphatic heterocycles. The second-order valence-corrected chi connectivity index (χ2v) is 9.21. The smallest absolute Gasteiger partial charge is 0.308 e. The number of nitrogens with one attached hydrogen (secondary N) is 1. The first-order valence-corrected chi connectivity index (χ1v) is 11.0. The van der Waals surface area contributed by atoms with E-state index in [4.69, 9.17) is 4.74 Å². The lowest BCUT2D eigenvalue weighted by molar-refractivity contribution is -0.131. The fourth-order valence-electron chi connectivity index (χ4n) is 3.37. The number of fused-ring (bicyclic) bond motifs is 1. The molecule has 1 aromatic carbocycles. The maximum atomic E-state index is 12.5. The Morgan fingerprint density at radius 2 is 2.03 bits per heavy atom. The minimum Gasteiger partial charge on any atom is -0.416 e. The molecule has 0 unspecified atom stereocenters. The van der Waals surface area contributed by atoms with Gasteiger partial charge in [-0.3, -0.25) is 14.5 Å². The summed E-state index contributed by atoms with van der Waals surface area (Å²) in [5, 5.41) is 4.18. The molecule has 29 heavy (non-hydrogen) atoms. The first kappa shape index (κ1) is 19.8. The minimum absolute atomic E-state index is 0.0720.